The Morgan fingerprint density at radius 2 is 1.04 bits per heavy atom. The number of rotatable bonds is 6. The Hall–Kier alpha value is -6.84. The highest BCUT2D eigenvalue weighted by Gasteiger charge is 2.46. The van der Waals surface area contributed by atoms with Gasteiger partial charge in [0.25, 0.3) is 0 Å². The van der Waals surface area contributed by atoms with Crippen molar-refractivity contribution >= 4 is 11.0 Å². The first-order valence-electron chi connectivity index (χ1n) is 17.7. The van der Waals surface area contributed by atoms with Gasteiger partial charge >= 0.3 is 0 Å². The van der Waals surface area contributed by atoms with Crippen LogP contribution in [0, 0.1) is 0 Å². The molecular formula is C49H33N3. The summed E-state index contributed by atoms with van der Waals surface area (Å²) in [5.41, 5.74) is 15.9. The minimum atomic E-state index is -0.482. The van der Waals surface area contributed by atoms with Crippen molar-refractivity contribution in [3.05, 3.63) is 223 Å². The molecule has 0 atom stereocenters. The maximum atomic E-state index is 5.13. The van der Waals surface area contributed by atoms with Gasteiger partial charge in [0.1, 0.15) is 5.82 Å². The number of fused-ring (bicyclic) bond motifs is 4. The van der Waals surface area contributed by atoms with Crippen LogP contribution in [0.3, 0.4) is 0 Å². The number of pyridine rings is 1. The van der Waals surface area contributed by atoms with E-state index in [1.165, 1.54) is 38.9 Å². The molecule has 1 aliphatic carbocycles. The number of nitrogens with zero attached hydrogens (tertiary/aromatic N) is 3. The summed E-state index contributed by atoms with van der Waals surface area (Å²) < 4.78 is 2.25. The molecule has 0 radical (unpaired) electrons. The molecule has 2 heterocycles. The lowest BCUT2D eigenvalue weighted by Gasteiger charge is -2.34. The van der Waals surface area contributed by atoms with Gasteiger partial charge in [0.15, 0.2) is 0 Å². The topological polar surface area (TPSA) is 30.7 Å². The highest BCUT2D eigenvalue weighted by molar-refractivity contribution is 5.95. The van der Waals surface area contributed by atoms with Crippen LogP contribution in [0.5, 0.6) is 0 Å². The molecule has 52 heavy (non-hydrogen) atoms. The normalized spacial score (nSPS) is 12.8. The van der Waals surface area contributed by atoms with E-state index in [0.717, 1.165) is 44.8 Å². The highest BCUT2D eigenvalue weighted by Crippen LogP contribution is 2.58. The van der Waals surface area contributed by atoms with Crippen LogP contribution in [0.25, 0.3) is 61.5 Å². The molecule has 9 aromatic rings. The predicted octanol–water partition coefficient (Wildman–Crippen LogP) is 11.8. The molecule has 0 amide bonds. The van der Waals surface area contributed by atoms with Gasteiger partial charge in [0, 0.05) is 29.2 Å². The Morgan fingerprint density at radius 1 is 0.423 bits per heavy atom. The van der Waals surface area contributed by atoms with E-state index in [4.69, 9.17) is 4.98 Å². The molecule has 0 spiro atoms. The summed E-state index contributed by atoms with van der Waals surface area (Å²) >= 11 is 0. The van der Waals surface area contributed by atoms with E-state index in [2.05, 4.69) is 185 Å². The van der Waals surface area contributed by atoms with Gasteiger partial charge in [0.05, 0.1) is 16.4 Å². The molecule has 0 bridgehead atoms. The van der Waals surface area contributed by atoms with Crippen molar-refractivity contribution in [1.29, 1.82) is 0 Å². The van der Waals surface area contributed by atoms with Gasteiger partial charge in [0.2, 0.25) is 0 Å². The van der Waals surface area contributed by atoms with Gasteiger partial charge in [-0.3, -0.25) is 9.55 Å². The molecule has 0 N–H and O–H groups in total. The van der Waals surface area contributed by atoms with Gasteiger partial charge in [-0.25, -0.2) is 4.98 Å². The third kappa shape index (κ3) is 4.60. The lowest BCUT2D eigenvalue weighted by atomic mass is 9.67. The minimum Gasteiger partial charge on any atom is -0.292 e. The summed E-state index contributed by atoms with van der Waals surface area (Å²) in [6.45, 7) is 0. The summed E-state index contributed by atoms with van der Waals surface area (Å²) in [6, 6.07) is 67.7. The zero-order valence-corrected chi connectivity index (χ0v) is 28.4. The Kier molecular flexibility index (Phi) is 7.04. The molecule has 10 rings (SSSR count). The monoisotopic (exact) mass is 663 g/mol. The van der Waals surface area contributed by atoms with Crippen molar-refractivity contribution in [2.45, 2.75) is 5.41 Å². The van der Waals surface area contributed by atoms with Crippen LogP contribution in [-0.2, 0) is 5.41 Å². The molecule has 0 fully saturated rings. The Morgan fingerprint density at radius 3 is 1.75 bits per heavy atom. The molecule has 0 saturated carbocycles. The molecule has 3 nitrogen and oxygen atoms in total. The van der Waals surface area contributed by atoms with E-state index in [1.54, 1.807) is 0 Å². The highest BCUT2D eigenvalue weighted by atomic mass is 15.1. The quantitative estimate of drug-likeness (QED) is 0.177. The SMILES string of the molecule is c1ccc(-n2c(-c3ccc(-c4cc5c(cc4-c4cccnc4)C(c4ccccc4)(c4ccccc4)c4ccccc4-5)cc3)nc3ccccc32)cc1. The van der Waals surface area contributed by atoms with Gasteiger partial charge in [-0.15, -0.1) is 0 Å². The molecule has 3 heteroatoms. The number of imidazole rings is 1. The standard InChI is InChI=1S/C49H33N3/c1-4-16-37(17-5-1)49(38-18-6-2-7-19-38)44-23-11-10-22-40(44)43-31-41(42(32-45(43)49)36-15-14-30-50-33-36)34-26-28-35(29-27-34)48-51-46-24-12-13-25-47(46)52(48)39-20-8-3-9-21-39/h1-33H. The fraction of sp³-hybridized carbons (Fsp3) is 0.0204. The van der Waals surface area contributed by atoms with Crippen molar-refractivity contribution in [1.82, 2.24) is 14.5 Å². The Bertz CT molecular complexity index is 2660. The second-order valence-electron chi connectivity index (χ2n) is 13.4. The second kappa shape index (κ2) is 12.2. The molecule has 7 aromatic carbocycles. The number of hydrogen-bond acceptors (Lipinski definition) is 2. The van der Waals surface area contributed by atoms with Crippen LogP contribution in [0.1, 0.15) is 22.3 Å². The summed E-state index contributed by atoms with van der Waals surface area (Å²) in [4.78, 5) is 9.71. The van der Waals surface area contributed by atoms with Crippen molar-refractivity contribution in [2.24, 2.45) is 0 Å². The molecule has 0 unspecified atom stereocenters. The van der Waals surface area contributed by atoms with Gasteiger partial charge in [-0.05, 0) is 92.5 Å². The predicted molar refractivity (Wildman–Crippen MR) is 212 cm³/mol. The Labute approximate surface area is 303 Å². The van der Waals surface area contributed by atoms with Crippen LogP contribution in [-0.4, -0.2) is 14.5 Å². The van der Waals surface area contributed by atoms with E-state index in [1.807, 2.05) is 24.5 Å². The van der Waals surface area contributed by atoms with Gasteiger partial charge in [-0.1, -0.05) is 146 Å². The molecule has 2 aromatic heterocycles. The van der Waals surface area contributed by atoms with E-state index in [9.17, 15) is 0 Å². The Balaban J connectivity index is 1.20. The third-order valence-electron chi connectivity index (χ3n) is 10.6. The van der Waals surface area contributed by atoms with E-state index in [-0.39, 0.29) is 0 Å². The van der Waals surface area contributed by atoms with E-state index < -0.39 is 5.41 Å². The maximum Gasteiger partial charge on any atom is 0.145 e. The first-order chi connectivity index (χ1) is 25.8. The average molecular weight is 664 g/mol. The van der Waals surface area contributed by atoms with Crippen molar-refractivity contribution in [3.8, 4) is 50.5 Å². The van der Waals surface area contributed by atoms with Crippen LogP contribution in [0.15, 0.2) is 200 Å². The number of hydrogen-bond donors (Lipinski definition) is 0. The number of para-hydroxylation sites is 3. The van der Waals surface area contributed by atoms with E-state index >= 15 is 0 Å². The fourth-order valence-electron chi connectivity index (χ4n) is 8.34. The summed E-state index contributed by atoms with van der Waals surface area (Å²) in [5.74, 6) is 0.921. The van der Waals surface area contributed by atoms with Crippen LogP contribution in [0.4, 0.5) is 0 Å². The first kappa shape index (κ1) is 30.0. The largest absolute Gasteiger partial charge is 0.292 e. The molecular weight excluding hydrogens is 631 g/mol. The zero-order valence-electron chi connectivity index (χ0n) is 28.4. The average Bonchev–Trinajstić information content (AvgIpc) is 3.76. The van der Waals surface area contributed by atoms with Crippen molar-refractivity contribution in [2.75, 3.05) is 0 Å². The molecule has 0 aliphatic heterocycles. The lowest BCUT2D eigenvalue weighted by Crippen LogP contribution is -2.28. The molecule has 244 valence electrons. The minimum absolute atomic E-state index is 0.482. The maximum absolute atomic E-state index is 5.13. The van der Waals surface area contributed by atoms with Crippen LogP contribution >= 0.6 is 0 Å². The van der Waals surface area contributed by atoms with Gasteiger partial charge in [-0.2, -0.15) is 0 Å². The summed E-state index contributed by atoms with van der Waals surface area (Å²) in [6.07, 6.45) is 3.83. The van der Waals surface area contributed by atoms with Gasteiger partial charge < -0.3 is 0 Å². The summed E-state index contributed by atoms with van der Waals surface area (Å²) in [5, 5.41) is 0. The number of benzene rings is 7. The molecule has 1 aliphatic rings. The van der Waals surface area contributed by atoms with Crippen LogP contribution < -0.4 is 0 Å². The van der Waals surface area contributed by atoms with Crippen LogP contribution in [0.2, 0.25) is 0 Å². The first-order valence-corrected chi connectivity index (χ1v) is 17.7. The van der Waals surface area contributed by atoms with Crippen molar-refractivity contribution < 1.29 is 0 Å². The fourth-order valence-corrected chi connectivity index (χ4v) is 8.34. The van der Waals surface area contributed by atoms with Crippen molar-refractivity contribution in [3.63, 3.8) is 0 Å². The zero-order chi connectivity index (χ0) is 34.5. The molecule has 0 saturated heterocycles. The summed E-state index contributed by atoms with van der Waals surface area (Å²) in [7, 11) is 0. The lowest BCUT2D eigenvalue weighted by molar-refractivity contribution is 0.769. The number of aromatic nitrogens is 3. The smallest absolute Gasteiger partial charge is 0.145 e. The van der Waals surface area contributed by atoms with E-state index in [0.29, 0.717) is 0 Å². The third-order valence-corrected chi connectivity index (χ3v) is 10.6. The second-order valence-corrected chi connectivity index (χ2v) is 13.4.